The van der Waals surface area contributed by atoms with E-state index in [2.05, 4.69) is 0 Å². The molecule has 1 heterocycles. The third-order valence-electron chi connectivity index (χ3n) is 4.24. The highest BCUT2D eigenvalue weighted by atomic mass is 32.2. The first-order chi connectivity index (χ1) is 10.3. The second kappa shape index (κ2) is 8.81. The molecular formula is C14H29N3O4S. The van der Waals surface area contributed by atoms with Crippen LogP contribution in [0.15, 0.2) is 0 Å². The van der Waals surface area contributed by atoms with Gasteiger partial charge in [0.05, 0.1) is 11.8 Å². The molecule has 0 saturated carbocycles. The van der Waals surface area contributed by atoms with E-state index >= 15 is 0 Å². The molecule has 22 heavy (non-hydrogen) atoms. The Morgan fingerprint density at radius 3 is 2.36 bits per heavy atom. The molecule has 2 atom stereocenters. The topological polar surface area (TPSA) is 92.9 Å². The zero-order chi connectivity index (χ0) is 16.8. The van der Waals surface area contributed by atoms with Gasteiger partial charge in [0.15, 0.2) is 0 Å². The Kier molecular flexibility index (Phi) is 7.75. The van der Waals surface area contributed by atoms with Gasteiger partial charge in [-0.15, -0.1) is 0 Å². The first-order valence-corrected chi connectivity index (χ1v) is 9.45. The van der Waals surface area contributed by atoms with Crippen LogP contribution in [0.1, 0.15) is 26.7 Å². The van der Waals surface area contributed by atoms with Gasteiger partial charge in [-0.05, 0) is 12.3 Å². The number of ether oxygens (including phenoxy) is 1. The van der Waals surface area contributed by atoms with Crippen molar-refractivity contribution in [2.24, 2.45) is 11.7 Å². The summed E-state index contributed by atoms with van der Waals surface area (Å²) < 4.78 is 30.7. The van der Waals surface area contributed by atoms with Gasteiger partial charge in [0.1, 0.15) is 0 Å². The van der Waals surface area contributed by atoms with Crippen LogP contribution in [0.4, 0.5) is 0 Å². The lowest BCUT2D eigenvalue weighted by Crippen LogP contribution is -2.55. The highest BCUT2D eigenvalue weighted by Gasteiger charge is 2.31. The van der Waals surface area contributed by atoms with Crippen molar-refractivity contribution in [1.82, 2.24) is 9.21 Å². The lowest BCUT2D eigenvalue weighted by Gasteiger charge is -2.36. The maximum absolute atomic E-state index is 12.3. The lowest BCUT2D eigenvalue weighted by atomic mass is 9.99. The van der Waals surface area contributed by atoms with Crippen LogP contribution in [-0.2, 0) is 19.6 Å². The molecule has 1 amide bonds. The predicted molar refractivity (Wildman–Crippen MR) is 85.9 cm³/mol. The summed E-state index contributed by atoms with van der Waals surface area (Å²) >= 11 is 0. The Morgan fingerprint density at radius 2 is 1.86 bits per heavy atom. The number of rotatable bonds is 8. The molecule has 0 aromatic carbocycles. The van der Waals surface area contributed by atoms with Gasteiger partial charge < -0.3 is 15.4 Å². The molecule has 130 valence electrons. The standard InChI is InChI=1S/C14H29N3O4S/c1-4-12(2)13(15)14(18)16-6-8-17(9-7-16)22(19,20)11-5-10-21-3/h12-13H,4-11,15H2,1-3H3. The molecule has 0 bridgehead atoms. The van der Waals surface area contributed by atoms with Crippen LogP contribution in [0, 0.1) is 5.92 Å². The van der Waals surface area contributed by atoms with E-state index in [9.17, 15) is 13.2 Å². The summed E-state index contributed by atoms with van der Waals surface area (Å²) in [5.74, 6) is 0.135. The van der Waals surface area contributed by atoms with Crippen molar-refractivity contribution < 1.29 is 17.9 Å². The molecule has 0 aliphatic carbocycles. The van der Waals surface area contributed by atoms with Gasteiger partial charge in [0.2, 0.25) is 15.9 Å². The number of hydrogen-bond acceptors (Lipinski definition) is 5. The maximum Gasteiger partial charge on any atom is 0.239 e. The van der Waals surface area contributed by atoms with Crippen LogP contribution >= 0.6 is 0 Å². The number of nitrogens with two attached hydrogens (primary N) is 1. The van der Waals surface area contributed by atoms with E-state index < -0.39 is 16.1 Å². The smallest absolute Gasteiger partial charge is 0.239 e. The molecule has 0 aromatic rings. The van der Waals surface area contributed by atoms with Crippen molar-refractivity contribution in [2.75, 3.05) is 45.6 Å². The number of carbonyl (C=O) groups excluding carboxylic acids is 1. The quantitative estimate of drug-likeness (QED) is 0.624. The third kappa shape index (κ3) is 5.19. The molecule has 1 aliphatic heterocycles. The first-order valence-electron chi connectivity index (χ1n) is 7.84. The Bertz CT molecular complexity index is 447. The molecule has 1 aliphatic rings. The molecule has 1 fully saturated rings. The number of carbonyl (C=O) groups is 1. The number of amides is 1. The van der Waals surface area contributed by atoms with Gasteiger partial charge in [0.25, 0.3) is 0 Å². The van der Waals surface area contributed by atoms with Crippen molar-refractivity contribution in [3.8, 4) is 0 Å². The van der Waals surface area contributed by atoms with Gasteiger partial charge >= 0.3 is 0 Å². The second-order valence-electron chi connectivity index (χ2n) is 5.80. The fourth-order valence-corrected chi connectivity index (χ4v) is 3.87. The fourth-order valence-electron chi connectivity index (χ4n) is 2.41. The average molecular weight is 335 g/mol. The molecule has 7 nitrogen and oxygen atoms in total. The normalized spacial score (nSPS) is 19.9. The number of methoxy groups -OCH3 is 1. The SMILES string of the molecule is CCC(C)C(N)C(=O)N1CCN(S(=O)(=O)CCCOC)CC1. The summed E-state index contributed by atoms with van der Waals surface area (Å²) in [6.45, 7) is 5.89. The van der Waals surface area contributed by atoms with E-state index in [4.69, 9.17) is 10.5 Å². The molecule has 0 radical (unpaired) electrons. The highest BCUT2D eigenvalue weighted by molar-refractivity contribution is 7.89. The van der Waals surface area contributed by atoms with Crippen LogP contribution < -0.4 is 5.73 Å². The van der Waals surface area contributed by atoms with Gasteiger partial charge in [-0.2, -0.15) is 4.31 Å². The van der Waals surface area contributed by atoms with E-state index in [-0.39, 0.29) is 17.6 Å². The average Bonchev–Trinajstić information content (AvgIpc) is 2.53. The number of piperazine rings is 1. The maximum atomic E-state index is 12.3. The Balaban J connectivity index is 2.50. The molecule has 8 heteroatoms. The van der Waals surface area contributed by atoms with Crippen molar-refractivity contribution in [3.05, 3.63) is 0 Å². The Morgan fingerprint density at radius 1 is 1.27 bits per heavy atom. The lowest BCUT2D eigenvalue weighted by molar-refractivity contribution is -0.134. The van der Waals surface area contributed by atoms with Crippen molar-refractivity contribution in [2.45, 2.75) is 32.7 Å². The second-order valence-corrected chi connectivity index (χ2v) is 7.89. The fraction of sp³-hybridized carbons (Fsp3) is 0.929. The molecule has 2 unspecified atom stereocenters. The summed E-state index contributed by atoms with van der Waals surface area (Å²) in [6, 6.07) is -0.505. The van der Waals surface area contributed by atoms with E-state index in [1.54, 1.807) is 12.0 Å². The summed E-state index contributed by atoms with van der Waals surface area (Å²) in [6.07, 6.45) is 1.33. The van der Waals surface area contributed by atoms with E-state index in [0.717, 1.165) is 6.42 Å². The van der Waals surface area contributed by atoms with Crippen LogP contribution in [0.25, 0.3) is 0 Å². The van der Waals surface area contributed by atoms with Gasteiger partial charge in [-0.3, -0.25) is 4.79 Å². The van der Waals surface area contributed by atoms with Crippen molar-refractivity contribution in [1.29, 1.82) is 0 Å². The summed E-state index contributed by atoms with van der Waals surface area (Å²) in [4.78, 5) is 14.0. The zero-order valence-electron chi connectivity index (χ0n) is 13.8. The Labute approximate surface area is 133 Å². The number of nitrogens with zero attached hydrogens (tertiary/aromatic N) is 2. The van der Waals surface area contributed by atoms with Gasteiger partial charge in [0, 0.05) is 39.9 Å². The minimum atomic E-state index is -3.26. The number of hydrogen-bond donors (Lipinski definition) is 1. The zero-order valence-corrected chi connectivity index (χ0v) is 14.6. The molecular weight excluding hydrogens is 306 g/mol. The largest absolute Gasteiger partial charge is 0.385 e. The summed E-state index contributed by atoms with van der Waals surface area (Å²) in [5, 5.41) is 0. The van der Waals surface area contributed by atoms with E-state index in [1.165, 1.54) is 4.31 Å². The Hall–Kier alpha value is -0.700. The van der Waals surface area contributed by atoms with Crippen molar-refractivity contribution in [3.63, 3.8) is 0 Å². The molecule has 1 rings (SSSR count). The highest BCUT2D eigenvalue weighted by Crippen LogP contribution is 2.13. The molecule has 2 N–H and O–H groups in total. The van der Waals surface area contributed by atoms with Crippen LogP contribution in [0.2, 0.25) is 0 Å². The van der Waals surface area contributed by atoms with E-state index in [0.29, 0.717) is 39.2 Å². The van der Waals surface area contributed by atoms with Gasteiger partial charge in [-0.25, -0.2) is 8.42 Å². The van der Waals surface area contributed by atoms with Gasteiger partial charge in [-0.1, -0.05) is 20.3 Å². The minimum Gasteiger partial charge on any atom is -0.385 e. The number of sulfonamides is 1. The monoisotopic (exact) mass is 335 g/mol. The predicted octanol–water partition coefficient (Wildman–Crippen LogP) is -0.130. The summed E-state index contributed by atoms with van der Waals surface area (Å²) in [5.41, 5.74) is 5.97. The van der Waals surface area contributed by atoms with Crippen LogP contribution in [0.3, 0.4) is 0 Å². The molecule has 0 spiro atoms. The van der Waals surface area contributed by atoms with E-state index in [1.807, 2.05) is 13.8 Å². The third-order valence-corrected chi connectivity index (χ3v) is 6.19. The molecule has 1 saturated heterocycles. The van der Waals surface area contributed by atoms with Crippen LogP contribution in [0.5, 0.6) is 0 Å². The van der Waals surface area contributed by atoms with Crippen molar-refractivity contribution >= 4 is 15.9 Å². The minimum absolute atomic E-state index is 0.0780. The first kappa shape index (κ1) is 19.3. The molecule has 0 aromatic heterocycles. The van der Waals surface area contributed by atoms with Crippen LogP contribution in [-0.4, -0.2) is 75.2 Å². The summed E-state index contributed by atoms with van der Waals surface area (Å²) in [7, 11) is -1.71.